The van der Waals surface area contributed by atoms with E-state index in [9.17, 15) is 22.0 Å². The highest BCUT2D eigenvalue weighted by Crippen LogP contribution is 2.25. The molecule has 0 unspecified atom stereocenters. The predicted octanol–water partition coefficient (Wildman–Crippen LogP) is 2.68. The summed E-state index contributed by atoms with van der Waals surface area (Å²) in [6.45, 7) is 2.49. The predicted molar refractivity (Wildman–Crippen MR) is 93.8 cm³/mol. The zero-order valence-corrected chi connectivity index (χ0v) is 15.0. The summed E-state index contributed by atoms with van der Waals surface area (Å²) in [6.07, 6.45) is 0. The van der Waals surface area contributed by atoms with Crippen LogP contribution >= 0.6 is 0 Å². The topological polar surface area (TPSA) is 57.7 Å². The van der Waals surface area contributed by atoms with Gasteiger partial charge in [0.25, 0.3) is 0 Å². The van der Waals surface area contributed by atoms with E-state index in [0.29, 0.717) is 18.7 Å². The quantitative estimate of drug-likeness (QED) is 0.766. The minimum atomic E-state index is -4.23. The molecule has 0 saturated carbocycles. The summed E-state index contributed by atoms with van der Waals surface area (Å²) in [4.78, 5) is 12.4. The molecule has 26 heavy (non-hydrogen) atoms. The molecule has 0 atom stereocenters. The molecule has 0 amide bonds. The molecule has 3 rings (SSSR count). The minimum absolute atomic E-state index is 0.0284. The molecule has 1 heterocycles. The van der Waals surface area contributed by atoms with Gasteiger partial charge >= 0.3 is 0 Å². The molecule has 2 aromatic carbocycles. The number of carbonyl (C=O) groups is 1. The second-order valence-corrected chi connectivity index (χ2v) is 7.92. The van der Waals surface area contributed by atoms with E-state index < -0.39 is 26.6 Å². The van der Waals surface area contributed by atoms with Gasteiger partial charge in [0, 0.05) is 37.4 Å². The fourth-order valence-electron chi connectivity index (χ4n) is 2.95. The van der Waals surface area contributed by atoms with Crippen LogP contribution in [0.25, 0.3) is 0 Å². The van der Waals surface area contributed by atoms with Gasteiger partial charge in [0.15, 0.2) is 10.7 Å². The van der Waals surface area contributed by atoms with Crippen molar-refractivity contribution in [3.63, 3.8) is 0 Å². The number of piperazine rings is 1. The molecule has 0 spiro atoms. The zero-order valence-electron chi connectivity index (χ0n) is 14.2. The summed E-state index contributed by atoms with van der Waals surface area (Å²) in [5.41, 5.74) is 1.47. The molecule has 0 aliphatic carbocycles. The van der Waals surface area contributed by atoms with Crippen LogP contribution in [0.5, 0.6) is 0 Å². The smallest absolute Gasteiger partial charge is 0.249 e. The van der Waals surface area contributed by atoms with Crippen molar-refractivity contribution in [3.8, 4) is 0 Å². The van der Waals surface area contributed by atoms with Crippen molar-refractivity contribution < 1.29 is 22.0 Å². The Morgan fingerprint density at radius 2 is 1.46 bits per heavy atom. The number of carbonyl (C=O) groups excluding carboxylic acids is 1. The lowest BCUT2D eigenvalue weighted by atomic mass is 10.1. The SMILES string of the molecule is CC(=O)c1ccc(N2CCN(S(=O)(=O)c3c(F)cccc3F)CC2)cc1. The van der Waals surface area contributed by atoms with Crippen LogP contribution in [0.4, 0.5) is 14.5 Å². The number of Topliss-reactive ketones (excluding diaryl/α,β-unsaturated/α-hetero) is 1. The summed E-state index contributed by atoms with van der Waals surface area (Å²) < 4.78 is 54.0. The van der Waals surface area contributed by atoms with Gasteiger partial charge in [-0.25, -0.2) is 17.2 Å². The van der Waals surface area contributed by atoms with Crippen molar-refractivity contribution in [3.05, 3.63) is 59.7 Å². The Kier molecular flexibility index (Phi) is 5.06. The number of hydrogen-bond donors (Lipinski definition) is 0. The van der Waals surface area contributed by atoms with Crippen LogP contribution in [0.15, 0.2) is 47.4 Å². The Morgan fingerprint density at radius 3 is 1.96 bits per heavy atom. The van der Waals surface area contributed by atoms with E-state index in [2.05, 4.69) is 0 Å². The molecule has 138 valence electrons. The molecular weight excluding hydrogens is 362 g/mol. The Labute approximate surface area is 150 Å². The fraction of sp³-hybridized carbons (Fsp3) is 0.278. The zero-order chi connectivity index (χ0) is 18.9. The Hall–Kier alpha value is -2.32. The number of benzene rings is 2. The van der Waals surface area contributed by atoms with E-state index in [1.165, 1.54) is 6.92 Å². The summed E-state index contributed by atoms with van der Waals surface area (Å²) >= 11 is 0. The number of anilines is 1. The maximum atomic E-state index is 13.9. The van der Waals surface area contributed by atoms with Gasteiger partial charge in [-0.2, -0.15) is 4.31 Å². The maximum absolute atomic E-state index is 13.9. The molecule has 1 aliphatic heterocycles. The third-order valence-corrected chi connectivity index (χ3v) is 6.35. The Morgan fingerprint density at radius 1 is 0.923 bits per heavy atom. The van der Waals surface area contributed by atoms with Gasteiger partial charge in [0.2, 0.25) is 10.0 Å². The van der Waals surface area contributed by atoms with Crippen molar-refractivity contribution in [1.29, 1.82) is 0 Å². The first kappa shape index (κ1) is 18.5. The van der Waals surface area contributed by atoms with Crippen LogP contribution in [-0.2, 0) is 10.0 Å². The number of hydrogen-bond acceptors (Lipinski definition) is 4. The molecule has 0 radical (unpaired) electrons. The molecule has 2 aromatic rings. The average molecular weight is 380 g/mol. The lowest BCUT2D eigenvalue weighted by Crippen LogP contribution is -2.49. The molecule has 1 saturated heterocycles. The summed E-state index contributed by atoms with van der Waals surface area (Å²) in [5, 5.41) is 0. The number of sulfonamides is 1. The molecule has 0 aromatic heterocycles. The Bertz CT molecular complexity index is 902. The van der Waals surface area contributed by atoms with E-state index in [4.69, 9.17) is 0 Å². The van der Waals surface area contributed by atoms with Gasteiger partial charge in [-0.3, -0.25) is 4.79 Å². The summed E-state index contributed by atoms with van der Waals surface area (Å²) in [6, 6.07) is 10.0. The van der Waals surface area contributed by atoms with Crippen LogP contribution in [-0.4, -0.2) is 44.7 Å². The lowest BCUT2D eigenvalue weighted by molar-refractivity contribution is 0.101. The first-order valence-corrected chi connectivity index (χ1v) is 9.55. The van der Waals surface area contributed by atoms with Gasteiger partial charge in [-0.1, -0.05) is 6.07 Å². The first-order valence-electron chi connectivity index (χ1n) is 8.11. The second kappa shape index (κ2) is 7.13. The van der Waals surface area contributed by atoms with Crippen LogP contribution < -0.4 is 4.90 Å². The van der Waals surface area contributed by atoms with Gasteiger partial charge < -0.3 is 4.90 Å². The monoisotopic (exact) mass is 380 g/mol. The summed E-state index contributed by atoms with van der Waals surface area (Å²) in [7, 11) is -4.23. The molecule has 0 bridgehead atoms. The third-order valence-electron chi connectivity index (χ3n) is 4.39. The highest BCUT2D eigenvalue weighted by atomic mass is 32.2. The average Bonchev–Trinajstić information content (AvgIpc) is 2.61. The van der Waals surface area contributed by atoms with Gasteiger partial charge in [0.1, 0.15) is 11.6 Å². The van der Waals surface area contributed by atoms with Gasteiger partial charge in [-0.15, -0.1) is 0 Å². The lowest BCUT2D eigenvalue weighted by Gasteiger charge is -2.35. The van der Waals surface area contributed by atoms with E-state index >= 15 is 0 Å². The van der Waals surface area contributed by atoms with Gasteiger partial charge in [-0.05, 0) is 43.3 Å². The first-order chi connectivity index (χ1) is 12.3. The molecule has 1 fully saturated rings. The summed E-state index contributed by atoms with van der Waals surface area (Å²) in [5.74, 6) is -2.21. The van der Waals surface area contributed by atoms with Gasteiger partial charge in [0.05, 0.1) is 0 Å². The van der Waals surface area contributed by atoms with Crippen LogP contribution in [0, 0.1) is 11.6 Å². The number of ketones is 1. The largest absolute Gasteiger partial charge is 0.369 e. The van der Waals surface area contributed by atoms with Crippen molar-refractivity contribution in [2.24, 2.45) is 0 Å². The fourth-order valence-corrected chi connectivity index (χ4v) is 4.48. The van der Waals surface area contributed by atoms with Crippen molar-refractivity contribution in [2.45, 2.75) is 11.8 Å². The number of halogens is 2. The molecule has 0 N–H and O–H groups in total. The standard InChI is InChI=1S/C18H18F2N2O3S/c1-13(23)14-5-7-15(8-6-14)21-9-11-22(12-10-21)26(24,25)18-16(19)3-2-4-17(18)20/h2-8H,9-12H2,1H3. The van der Waals surface area contributed by atoms with E-state index in [1.807, 2.05) is 4.90 Å². The second-order valence-electron chi connectivity index (χ2n) is 6.04. The van der Waals surface area contributed by atoms with Crippen LogP contribution in [0.3, 0.4) is 0 Å². The molecule has 8 heteroatoms. The van der Waals surface area contributed by atoms with Crippen molar-refractivity contribution in [2.75, 3.05) is 31.1 Å². The maximum Gasteiger partial charge on any atom is 0.249 e. The van der Waals surface area contributed by atoms with E-state index in [1.54, 1.807) is 24.3 Å². The normalized spacial score (nSPS) is 15.9. The van der Waals surface area contributed by atoms with Crippen molar-refractivity contribution in [1.82, 2.24) is 4.31 Å². The van der Waals surface area contributed by atoms with Crippen LogP contribution in [0.1, 0.15) is 17.3 Å². The minimum Gasteiger partial charge on any atom is -0.369 e. The highest BCUT2D eigenvalue weighted by molar-refractivity contribution is 7.89. The molecule has 5 nitrogen and oxygen atoms in total. The van der Waals surface area contributed by atoms with E-state index in [-0.39, 0.29) is 18.9 Å². The molecular formula is C18H18F2N2O3S. The molecule has 1 aliphatic rings. The Balaban J connectivity index is 1.75. The highest BCUT2D eigenvalue weighted by Gasteiger charge is 2.33. The van der Waals surface area contributed by atoms with E-state index in [0.717, 1.165) is 28.2 Å². The number of rotatable bonds is 4. The van der Waals surface area contributed by atoms with Crippen LogP contribution in [0.2, 0.25) is 0 Å². The third kappa shape index (κ3) is 3.47. The number of nitrogens with zero attached hydrogens (tertiary/aromatic N) is 2. The van der Waals surface area contributed by atoms with Crippen molar-refractivity contribution >= 4 is 21.5 Å².